The molecule has 262 valence electrons. The van der Waals surface area contributed by atoms with E-state index in [0.29, 0.717) is 46.2 Å². The summed E-state index contributed by atoms with van der Waals surface area (Å²) in [5.41, 5.74) is 7.67. The number of hydrogen-bond donors (Lipinski definition) is 0. The standard InChI is InChI=1S/C48H29N7O/c1-4-16-30(17-5-1)43-49-44(31-18-6-2-7-19-31)51-46(50-43)36-25-15-29-40-41(36)35-24-14-26-37(42(35)56-40)47-52-45(32-20-8-3-9-21-32)53-48(54-47)55-38-27-12-10-22-33(38)34-23-11-13-28-39(34)55/h1-29H. The number of para-hydroxylation sites is 3. The van der Waals surface area contributed by atoms with Gasteiger partial charge in [-0.1, -0.05) is 152 Å². The molecule has 0 atom stereocenters. The molecule has 8 nitrogen and oxygen atoms in total. The Morgan fingerprint density at radius 1 is 0.339 bits per heavy atom. The maximum Gasteiger partial charge on any atom is 0.238 e. The summed E-state index contributed by atoms with van der Waals surface area (Å²) in [6.45, 7) is 0. The van der Waals surface area contributed by atoms with Crippen LogP contribution in [-0.4, -0.2) is 34.5 Å². The topological polar surface area (TPSA) is 95.4 Å². The third-order valence-electron chi connectivity index (χ3n) is 10.1. The molecule has 56 heavy (non-hydrogen) atoms. The molecule has 0 spiro atoms. The molecule has 0 aliphatic carbocycles. The van der Waals surface area contributed by atoms with E-state index in [4.69, 9.17) is 34.3 Å². The summed E-state index contributed by atoms with van der Waals surface area (Å²) in [5, 5.41) is 4.05. The molecule has 11 rings (SSSR count). The zero-order chi connectivity index (χ0) is 37.0. The van der Waals surface area contributed by atoms with Crippen molar-refractivity contribution in [2.45, 2.75) is 0 Å². The fraction of sp³-hybridized carbons (Fsp3) is 0. The van der Waals surface area contributed by atoms with Crippen LogP contribution in [0.3, 0.4) is 0 Å². The molecule has 0 aliphatic heterocycles. The average Bonchev–Trinajstić information content (AvgIpc) is 3.83. The molecule has 0 radical (unpaired) electrons. The van der Waals surface area contributed by atoms with E-state index in [0.717, 1.165) is 60.4 Å². The van der Waals surface area contributed by atoms with E-state index < -0.39 is 0 Å². The minimum atomic E-state index is 0.500. The Bertz CT molecular complexity index is 3140. The molecule has 0 N–H and O–H groups in total. The summed E-state index contributed by atoms with van der Waals surface area (Å²) < 4.78 is 8.89. The lowest BCUT2D eigenvalue weighted by molar-refractivity contribution is 0.669. The van der Waals surface area contributed by atoms with E-state index >= 15 is 0 Å². The molecule has 0 amide bonds. The molecule has 4 heterocycles. The Morgan fingerprint density at radius 2 is 0.768 bits per heavy atom. The van der Waals surface area contributed by atoms with Gasteiger partial charge in [0.2, 0.25) is 5.95 Å². The van der Waals surface area contributed by atoms with Gasteiger partial charge in [-0.25, -0.2) is 19.9 Å². The molecule has 4 aromatic heterocycles. The lowest BCUT2D eigenvalue weighted by Crippen LogP contribution is -2.06. The predicted octanol–water partition coefficient (Wildman–Crippen LogP) is 11.4. The molecule has 0 saturated carbocycles. The van der Waals surface area contributed by atoms with E-state index in [1.807, 2.05) is 133 Å². The smallest absolute Gasteiger partial charge is 0.238 e. The van der Waals surface area contributed by atoms with Crippen LogP contribution in [0, 0.1) is 0 Å². The Hall–Kier alpha value is -7.84. The number of fused-ring (bicyclic) bond motifs is 6. The van der Waals surface area contributed by atoms with E-state index in [2.05, 4.69) is 47.0 Å². The van der Waals surface area contributed by atoms with Crippen molar-refractivity contribution in [3.05, 3.63) is 176 Å². The van der Waals surface area contributed by atoms with Gasteiger partial charge in [-0.2, -0.15) is 9.97 Å². The van der Waals surface area contributed by atoms with Gasteiger partial charge >= 0.3 is 0 Å². The second-order valence-corrected chi connectivity index (χ2v) is 13.5. The van der Waals surface area contributed by atoms with Crippen molar-refractivity contribution in [1.82, 2.24) is 34.5 Å². The van der Waals surface area contributed by atoms with Crippen LogP contribution < -0.4 is 0 Å². The molecule has 0 fully saturated rings. The molecule has 11 aromatic rings. The Balaban J connectivity index is 1.15. The summed E-state index contributed by atoms with van der Waals surface area (Å²) in [5.74, 6) is 3.32. The number of benzene rings is 7. The highest BCUT2D eigenvalue weighted by Gasteiger charge is 2.22. The van der Waals surface area contributed by atoms with Crippen LogP contribution >= 0.6 is 0 Å². The molecule has 7 aromatic carbocycles. The highest BCUT2D eigenvalue weighted by atomic mass is 16.3. The second-order valence-electron chi connectivity index (χ2n) is 13.5. The van der Waals surface area contributed by atoms with E-state index in [-0.39, 0.29) is 0 Å². The van der Waals surface area contributed by atoms with Gasteiger partial charge in [0.15, 0.2) is 29.1 Å². The van der Waals surface area contributed by atoms with Crippen LogP contribution in [0.4, 0.5) is 0 Å². The Labute approximate surface area is 320 Å². The quantitative estimate of drug-likeness (QED) is 0.169. The van der Waals surface area contributed by atoms with Crippen molar-refractivity contribution in [3.8, 4) is 62.9 Å². The van der Waals surface area contributed by atoms with Crippen molar-refractivity contribution in [2.24, 2.45) is 0 Å². The SMILES string of the molecule is c1ccc(-c2nc(-c3ccccc3)nc(-c3cccc4oc5c(-c6nc(-c7ccccc7)nc(-n7c8ccccc8c8ccccc87)n6)cccc5c34)n2)cc1. The Kier molecular flexibility index (Phi) is 7.31. The number of aromatic nitrogens is 7. The first-order valence-electron chi connectivity index (χ1n) is 18.4. The zero-order valence-corrected chi connectivity index (χ0v) is 29.8. The number of rotatable bonds is 6. The van der Waals surface area contributed by atoms with Crippen molar-refractivity contribution >= 4 is 43.7 Å². The molecule has 0 unspecified atom stereocenters. The fourth-order valence-corrected chi connectivity index (χ4v) is 7.58. The van der Waals surface area contributed by atoms with E-state index in [9.17, 15) is 0 Å². The van der Waals surface area contributed by atoms with E-state index in [1.165, 1.54) is 0 Å². The summed E-state index contributed by atoms with van der Waals surface area (Å²) in [7, 11) is 0. The van der Waals surface area contributed by atoms with Crippen LogP contribution in [0.25, 0.3) is 107 Å². The summed E-state index contributed by atoms with van der Waals surface area (Å²) in [6, 6.07) is 58.8. The Morgan fingerprint density at radius 3 is 1.36 bits per heavy atom. The molecular weight excluding hydrogens is 691 g/mol. The van der Waals surface area contributed by atoms with Crippen LogP contribution in [0.2, 0.25) is 0 Å². The average molecular weight is 720 g/mol. The van der Waals surface area contributed by atoms with Crippen molar-refractivity contribution in [1.29, 1.82) is 0 Å². The molecular formula is C48H29N7O. The monoisotopic (exact) mass is 719 g/mol. The van der Waals surface area contributed by atoms with E-state index in [1.54, 1.807) is 0 Å². The molecule has 8 heteroatoms. The maximum atomic E-state index is 6.77. The van der Waals surface area contributed by atoms with Crippen molar-refractivity contribution < 1.29 is 4.42 Å². The molecule has 0 aliphatic rings. The third-order valence-corrected chi connectivity index (χ3v) is 10.1. The summed E-state index contributed by atoms with van der Waals surface area (Å²) >= 11 is 0. The van der Waals surface area contributed by atoms with Gasteiger partial charge in [-0.3, -0.25) is 4.57 Å². The van der Waals surface area contributed by atoms with Crippen molar-refractivity contribution in [3.63, 3.8) is 0 Å². The van der Waals surface area contributed by atoms with Gasteiger partial charge in [-0.05, 0) is 24.3 Å². The number of nitrogens with zero attached hydrogens (tertiary/aromatic N) is 7. The summed E-state index contributed by atoms with van der Waals surface area (Å²) in [4.78, 5) is 30.4. The minimum Gasteiger partial charge on any atom is -0.455 e. The van der Waals surface area contributed by atoms with Crippen LogP contribution in [0.5, 0.6) is 0 Å². The van der Waals surface area contributed by atoms with Crippen molar-refractivity contribution in [2.75, 3.05) is 0 Å². The van der Waals surface area contributed by atoms with Crippen LogP contribution in [0.15, 0.2) is 180 Å². The highest BCUT2D eigenvalue weighted by Crippen LogP contribution is 2.40. The van der Waals surface area contributed by atoms with Gasteiger partial charge in [0, 0.05) is 43.8 Å². The minimum absolute atomic E-state index is 0.500. The lowest BCUT2D eigenvalue weighted by Gasteiger charge is -2.11. The van der Waals surface area contributed by atoms with Gasteiger partial charge < -0.3 is 4.42 Å². The predicted molar refractivity (Wildman–Crippen MR) is 222 cm³/mol. The highest BCUT2D eigenvalue weighted by molar-refractivity contribution is 6.15. The van der Waals surface area contributed by atoms with Gasteiger partial charge in [0.1, 0.15) is 11.2 Å². The van der Waals surface area contributed by atoms with Gasteiger partial charge in [0.25, 0.3) is 0 Å². The normalized spacial score (nSPS) is 11.6. The molecule has 0 bridgehead atoms. The largest absolute Gasteiger partial charge is 0.455 e. The van der Waals surface area contributed by atoms with Crippen LogP contribution in [0.1, 0.15) is 0 Å². The number of furan rings is 1. The van der Waals surface area contributed by atoms with Crippen LogP contribution in [-0.2, 0) is 0 Å². The first-order valence-corrected chi connectivity index (χ1v) is 18.4. The fourth-order valence-electron chi connectivity index (χ4n) is 7.58. The summed E-state index contributed by atoms with van der Waals surface area (Å²) in [6.07, 6.45) is 0. The first kappa shape index (κ1) is 31.7. The second kappa shape index (κ2) is 12.9. The molecule has 0 saturated heterocycles. The number of hydrogen-bond acceptors (Lipinski definition) is 7. The third kappa shape index (κ3) is 5.23. The first-order chi connectivity index (χ1) is 27.8. The lowest BCUT2D eigenvalue weighted by atomic mass is 10.0. The maximum absolute atomic E-state index is 6.77. The van der Waals surface area contributed by atoms with Gasteiger partial charge in [-0.15, -0.1) is 0 Å². The van der Waals surface area contributed by atoms with Gasteiger partial charge in [0.05, 0.1) is 16.6 Å². The zero-order valence-electron chi connectivity index (χ0n) is 29.8.